The number of aromatic carboxylic acids is 1. The predicted octanol–water partition coefficient (Wildman–Crippen LogP) is 4.18. The first-order valence-corrected chi connectivity index (χ1v) is 6.61. The normalized spacial score (nSPS) is 10.4. The van der Waals surface area contributed by atoms with Gasteiger partial charge in [0, 0.05) is 0 Å². The summed E-state index contributed by atoms with van der Waals surface area (Å²) < 4.78 is 0. The molecule has 0 aliphatic heterocycles. The second-order valence-electron chi connectivity index (χ2n) is 4.55. The molecule has 0 unspecified atom stereocenters. The van der Waals surface area contributed by atoms with Crippen LogP contribution < -0.4 is 0 Å². The Bertz CT molecular complexity index is 600. The van der Waals surface area contributed by atoms with Crippen molar-refractivity contribution >= 4 is 5.97 Å². The van der Waals surface area contributed by atoms with E-state index in [0.717, 1.165) is 24.0 Å². The molecule has 0 aromatic heterocycles. The first-order chi connectivity index (χ1) is 9.17. The number of carboxylic acid groups (broad SMARTS) is 1. The quantitative estimate of drug-likeness (QED) is 0.888. The Morgan fingerprint density at radius 1 is 1.00 bits per heavy atom. The van der Waals surface area contributed by atoms with Crippen LogP contribution in [-0.2, 0) is 12.8 Å². The van der Waals surface area contributed by atoms with Crippen LogP contribution in [0.3, 0.4) is 0 Å². The minimum atomic E-state index is -0.875. The van der Waals surface area contributed by atoms with E-state index in [2.05, 4.69) is 32.0 Å². The minimum Gasteiger partial charge on any atom is -0.478 e. The molecule has 19 heavy (non-hydrogen) atoms. The highest BCUT2D eigenvalue weighted by Crippen LogP contribution is 2.29. The van der Waals surface area contributed by atoms with Gasteiger partial charge < -0.3 is 5.11 Å². The smallest absolute Gasteiger partial charge is 0.336 e. The number of rotatable bonds is 4. The van der Waals surface area contributed by atoms with Gasteiger partial charge in [-0.25, -0.2) is 4.79 Å². The van der Waals surface area contributed by atoms with Gasteiger partial charge >= 0.3 is 5.97 Å². The average Bonchev–Trinajstić information content (AvgIpc) is 2.46. The Balaban J connectivity index is 2.66. The van der Waals surface area contributed by atoms with Gasteiger partial charge in [0.1, 0.15) is 0 Å². The Morgan fingerprint density at radius 2 is 1.74 bits per heavy atom. The highest BCUT2D eigenvalue weighted by atomic mass is 16.4. The highest BCUT2D eigenvalue weighted by Gasteiger charge is 2.13. The molecular weight excluding hydrogens is 236 g/mol. The molecule has 0 fully saturated rings. The van der Waals surface area contributed by atoms with E-state index in [1.54, 1.807) is 12.1 Å². The minimum absolute atomic E-state index is 0.366. The molecule has 98 valence electrons. The van der Waals surface area contributed by atoms with Gasteiger partial charge in [-0.2, -0.15) is 0 Å². The van der Waals surface area contributed by atoms with E-state index in [4.69, 9.17) is 0 Å². The maximum Gasteiger partial charge on any atom is 0.336 e. The predicted molar refractivity (Wildman–Crippen MR) is 77.6 cm³/mol. The standard InChI is InChI=1S/C17H18O2/c1-3-12-9-10-13(4-2)16(11-12)14-7-5-6-8-15(14)17(18)19/h5-11H,3-4H2,1-2H3,(H,18,19). The van der Waals surface area contributed by atoms with Crippen LogP contribution in [0.5, 0.6) is 0 Å². The fourth-order valence-electron chi connectivity index (χ4n) is 2.31. The fourth-order valence-corrected chi connectivity index (χ4v) is 2.31. The number of benzene rings is 2. The first kappa shape index (κ1) is 13.3. The van der Waals surface area contributed by atoms with E-state index in [9.17, 15) is 9.90 Å². The molecule has 0 atom stereocenters. The van der Waals surface area contributed by atoms with Crippen molar-refractivity contribution in [2.24, 2.45) is 0 Å². The van der Waals surface area contributed by atoms with Crippen LogP contribution in [0.15, 0.2) is 42.5 Å². The maximum absolute atomic E-state index is 11.3. The number of aryl methyl sites for hydroxylation is 2. The van der Waals surface area contributed by atoms with Crippen molar-refractivity contribution in [1.29, 1.82) is 0 Å². The molecule has 0 bridgehead atoms. The third-order valence-corrected chi connectivity index (χ3v) is 3.41. The van der Waals surface area contributed by atoms with Crippen LogP contribution in [0.1, 0.15) is 35.3 Å². The number of hydrogen-bond acceptors (Lipinski definition) is 1. The summed E-state index contributed by atoms with van der Waals surface area (Å²) in [5, 5.41) is 9.32. The van der Waals surface area contributed by atoms with Gasteiger partial charge in [0.05, 0.1) is 5.56 Å². The molecule has 0 saturated carbocycles. The average molecular weight is 254 g/mol. The first-order valence-electron chi connectivity index (χ1n) is 6.61. The molecular formula is C17H18O2. The molecule has 0 aliphatic rings. The molecule has 0 spiro atoms. The molecule has 0 amide bonds. The molecule has 0 aliphatic carbocycles. The number of carboxylic acids is 1. The SMILES string of the molecule is CCc1ccc(CC)c(-c2ccccc2C(=O)O)c1. The van der Waals surface area contributed by atoms with Crippen molar-refractivity contribution in [1.82, 2.24) is 0 Å². The molecule has 0 radical (unpaired) electrons. The molecule has 2 aromatic rings. The van der Waals surface area contributed by atoms with Crippen molar-refractivity contribution in [2.45, 2.75) is 26.7 Å². The van der Waals surface area contributed by atoms with Gasteiger partial charge in [0.2, 0.25) is 0 Å². The van der Waals surface area contributed by atoms with Gasteiger partial charge in [0.15, 0.2) is 0 Å². The lowest BCUT2D eigenvalue weighted by atomic mass is 9.92. The summed E-state index contributed by atoms with van der Waals surface area (Å²) in [6, 6.07) is 13.5. The lowest BCUT2D eigenvalue weighted by Gasteiger charge is -2.12. The van der Waals surface area contributed by atoms with E-state index in [1.165, 1.54) is 11.1 Å². The summed E-state index contributed by atoms with van der Waals surface area (Å²) in [6.45, 7) is 4.20. The second-order valence-corrected chi connectivity index (χ2v) is 4.55. The van der Waals surface area contributed by atoms with Crippen LogP contribution >= 0.6 is 0 Å². The van der Waals surface area contributed by atoms with E-state index < -0.39 is 5.97 Å². The van der Waals surface area contributed by atoms with Gasteiger partial charge in [-0.3, -0.25) is 0 Å². The van der Waals surface area contributed by atoms with Gasteiger partial charge in [-0.15, -0.1) is 0 Å². The Morgan fingerprint density at radius 3 is 2.37 bits per heavy atom. The second kappa shape index (κ2) is 5.70. The largest absolute Gasteiger partial charge is 0.478 e. The van der Waals surface area contributed by atoms with Crippen LogP contribution in [0.4, 0.5) is 0 Å². The van der Waals surface area contributed by atoms with Crippen LogP contribution in [-0.4, -0.2) is 11.1 Å². The summed E-state index contributed by atoms with van der Waals surface area (Å²) in [5.74, 6) is -0.875. The van der Waals surface area contributed by atoms with Crippen LogP contribution in [0, 0.1) is 0 Å². The molecule has 2 nitrogen and oxygen atoms in total. The lowest BCUT2D eigenvalue weighted by molar-refractivity contribution is 0.0697. The summed E-state index contributed by atoms with van der Waals surface area (Å²) in [6.07, 6.45) is 1.85. The van der Waals surface area contributed by atoms with E-state index >= 15 is 0 Å². The van der Waals surface area contributed by atoms with E-state index in [-0.39, 0.29) is 0 Å². The van der Waals surface area contributed by atoms with E-state index in [0.29, 0.717) is 5.56 Å². The Hall–Kier alpha value is -2.09. The highest BCUT2D eigenvalue weighted by molar-refractivity contribution is 5.96. The fraction of sp³-hybridized carbons (Fsp3) is 0.235. The number of carbonyl (C=O) groups is 1. The summed E-state index contributed by atoms with van der Waals surface area (Å²) in [5.41, 5.74) is 4.63. The third kappa shape index (κ3) is 2.68. The van der Waals surface area contributed by atoms with Crippen molar-refractivity contribution in [3.05, 3.63) is 59.2 Å². The lowest BCUT2D eigenvalue weighted by Crippen LogP contribution is -2.01. The van der Waals surface area contributed by atoms with Gasteiger partial charge in [-0.05, 0) is 41.2 Å². The van der Waals surface area contributed by atoms with Gasteiger partial charge in [-0.1, -0.05) is 50.2 Å². The molecule has 1 N–H and O–H groups in total. The summed E-state index contributed by atoms with van der Waals surface area (Å²) in [7, 11) is 0. The topological polar surface area (TPSA) is 37.3 Å². The molecule has 2 heteroatoms. The zero-order valence-electron chi connectivity index (χ0n) is 11.3. The van der Waals surface area contributed by atoms with Crippen molar-refractivity contribution < 1.29 is 9.90 Å². The summed E-state index contributed by atoms with van der Waals surface area (Å²) >= 11 is 0. The van der Waals surface area contributed by atoms with E-state index in [1.807, 2.05) is 12.1 Å². The molecule has 2 aromatic carbocycles. The van der Waals surface area contributed by atoms with Crippen LogP contribution in [0.25, 0.3) is 11.1 Å². The molecule has 0 heterocycles. The third-order valence-electron chi connectivity index (χ3n) is 3.41. The number of hydrogen-bond donors (Lipinski definition) is 1. The molecule has 0 saturated heterocycles. The Labute approximate surface area is 113 Å². The Kier molecular flexibility index (Phi) is 4.00. The van der Waals surface area contributed by atoms with Gasteiger partial charge in [0.25, 0.3) is 0 Å². The van der Waals surface area contributed by atoms with Crippen molar-refractivity contribution in [2.75, 3.05) is 0 Å². The van der Waals surface area contributed by atoms with Crippen molar-refractivity contribution in [3.8, 4) is 11.1 Å². The summed E-state index contributed by atoms with van der Waals surface area (Å²) in [4.78, 5) is 11.3. The molecule has 2 rings (SSSR count). The maximum atomic E-state index is 11.3. The zero-order valence-corrected chi connectivity index (χ0v) is 11.3. The van der Waals surface area contributed by atoms with Crippen LogP contribution in [0.2, 0.25) is 0 Å². The van der Waals surface area contributed by atoms with Crippen molar-refractivity contribution in [3.63, 3.8) is 0 Å². The zero-order chi connectivity index (χ0) is 13.8. The monoisotopic (exact) mass is 254 g/mol.